The number of rotatable bonds is 4. The van der Waals surface area contributed by atoms with E-state index in [0.717, 1.165) is 27.5 Å². The fourth-order valence-corrected chi connectivity index (χ4v) is 4.05. The molecule has 33 heavy (non-hydrogen) atoms. The Morgan fingerprint density at radius 3 is 2.33 bits per heavy atom. The lowest BCUT2D eigenvalue weighted by atomic mass is 10.1. The number of anilines is 1. The second kappa shape index (κ2) is 8.60. The molecule has 1 N–H and O–H groups in total. The summed E-state index contributed by atoms with van der Waals surface area (Å²) in [7, 11) is 1.57. The molecule has 168 valence electrons. The fourth-order valence-electron chi connectivity index (χ4n) is 3.88. The number of aryl methyl sites for hydroxylation is 2. The minimum atomic E-state index is -0.778. The smallest absolute Gasteiger partial charge is 0.335 e. The number of hydrogen-bond acceptors (Lipinski definition) is 4. The number of urea groups is 1. The molecule has 1 aromatic heterocycles. The van der Waals surface area contributed by atoms with Crippen molar-refractivity contribution in [2.75, 3.05) is 12.0 Å². The van der Waals surface area contributed by atoms with Gasteiger partial charge in [0.2, 0.25) is 0 Å². The number of aromatic nitrogens is 1. The second-order valence-corrected chi connectivity index (χ2v) is 8.21. The van der Waals surface area contributed by atoms with Gasteiger partial charge in [0.05, 0.1) is 18.5 Å². The molecule has 0 radical (unpaired) electrons. The van der Waals surface area contributed by atoms with E-state index in [0.29, 0.717) is 22.0 Å². The highest BCUT2D eigenvalue weighted by Crippen LogP contribution is 2.32. The number of nitrogens with zero attached hydrogens (tertiary/aromatic N) is 2. The van der Waals surface area contributed by atoms with Crippen LogP contribution in [0.5, 0.6) is 5.75 Å². The number of amides is 4. The Labute approximate surface area is 196 Å². The highest BCUT2D eigenvalue weighted by molar-refractivity contribution is 6.39. The van der Waals surface area contributed by atoms with Crippen LogP contribution in [0, 0.1) is 20.8 Å². The van der Waals surface area contributed by atoms with E-state index < -0.39 is 17.8 Å². The Morgan fingerprint density at radius 2 is 1.67 bits per heavy atom. The maximum absolute atomic E-state index is 13.2. The summed E-state index contributed by atoms with van der Waals surface area (Å²) in [6, 6.07) is 13.3. The van der Waals surface area contributed by atoms with Gasteiger partial charge in [-0.3, -0.25) is 14.9 Å². The molecule has 0 atom stereocenters. The van der Waals surface area contributed by atoms with Gasteiger partial charge in [0.15, 0.2) is 0 Å². The Morgan fingerprint density at radius 1 is 0.970 bits per heavy atom. The van der Waals surface area contributed by atoms with Gasteiger partial charge in [0, 0.05) is 16.4 Å². The van der Waals surface area contributed by atoms with Crippen molar-refractivity contribution in [1.82, 2.24) is 9.88 Å². The van der Waals surface area contributed by atoms with Crippen LogP contribution in [0.4, 0.5) is 10.5 Å². The molecule has 0 aliphatic carbocycles. The third-order valence-corrected chi connectivity index (χ3v) is 5.78. The molecule has 1 saturated heterocycles. The Hall–Kier alpha value is -3.84. The summed E-state index contributed by atoms with van der Waals surface area (Å²) >= 11 is 6.21. The summed E-state index contributed by atoms with van der Waals surface area (Å²) < 4.78 is 7.42. The average Bonchev–Trinajstić information content (AvgIpc) is 3.05. The first kappa shape index (κ1) is 22.4. The van der Waals surface area contributed by atoms with Crippen molar-refractivity contribution in [2.24, 2.45) is 0 Å². The summed E-state index contributed by atoms with van der Waals surface area (Å²) in [5.41, 5.74) is 4.27. The third kappa shape index (κ3) is 4.03. The molecule has 1 fully saturated rings. The first-order valence-electron chi connectivity index (χ1n) is 10.2. The van der Waals surface area contributed by atoms with Crippen molar-refractivity contribution < 1.29 is 19.1 Å². The summed E-state index contributed by atoms with van der Waals surface area (Å²) in [6.07, 6.45) is 1.50. The van der Waals surface area contributed by atoms with E-state index in [1.165, 1.54) is 6.08 Å². The van der Waals surface area contributed by atoms with Gasteiger partial charge < -0.3 is 9.30 Å². The number of imide groups is 2. The zero-order valence-corrected chi connectivity index (χ0v) is 19.4. The van der Waals surface area contributed by atoms with Crippen LogP contribution < -0.4 is 15.0 Å². The first-order chi connectivity index (χ1) is 15.7. The van der Waals surface area contributed by atoms with Crippen LogP contribution in [0.1, 0.15) is 22.5 Å². The van der Waals surface area contributed by atoms with Gasteiger partial charge in [-0.2, -0.15) is 0 Å². The molecule has 1 aliphatic heterocycles. The van der Waals surface area contributed by atoms with Crippen molar-refractivity contribution in [2.45, 2.75) is 20.8 Å². The summed E-state index contributed by atoms with van der Waals surface area (Å²) in [6.45, 7) is 5.68. The molecule has 4 amide bonds. The van der Waals surface area contributed by atoms with E-state index in [4.69, 9.17) is 16.3 Å². The highest BCUT2D eigenvalue weighted by atomic mass is 35.5. The van der Waals surface area contributed by atoms with Gasteiger partial charge in [-0.25, -0.2) is 9.69 Å². The van der Waals surface area contributed by atoms with Crippen molar-refractivity contribution in [1.29, 1.82) is 0 Å². The number of hydrogen-bond donors (Lipinski definition) is 1. The molecule has 0 spiro atoms. The van der Waals surface area contributed by atoms with Crippen molar-refractivity contribution in [3.63, 3.8) is 0 Å². The number of ether oxygens (including phenoxy) is 1. The van der Waals surface area contributed by atoms with Crippen LogP contribution in [0.25, 0.3) is 11.8 Å². The lowest BCUT2D eigenvalue weighted by Crippen LogP contribution is -2.54. The van der Waals surface area contributed by atoms with E-state index >= 15 is 0 Å². The van der Waals surface area contributed by atoms with Crippen molar-refractivity contribution in [3.8, 4) is 11.4 Å². The third-order valence-electron chi connectivity index (χ3n) is 5.55. The molecule has 2 aromatic carbocycles. The van der Waals surface area contributed by atoms with Crippen LogP contribution in [-0.4, -0.2) is 29.5 Å². The van der Waals surface area contributed by atoms with Crippen LogP contribution >= 0.6 is 11.6 Å². The zero-order chi connectivity index (χ0) is 23.9. The van der Waals surface area contributed by atoms with Crippen molar-refractivity contribution in [3.05, 3.63) is 81.6 Å². The average molecular weight is 464 g/mol. The Kier molecular flexibility index (Phi) is 5.82. The van der Waals surface area contributed by atoms with Gasteiger partial charge in [0.25, 0.3) is 11.8 Å². The molecule has 8 heteroatoms. The number of carbonyl (C=O) groups excluding carboxylic acids is 3. The van der Waals surface area contributed by atoms with Crippen LogP contribution in [-0.2, 0) is 9.59 Å². The predicted octanol–water partition coefficient (Wildman–Crippen LogP) is 4.73. The molecule has 0 bridgehead atoms. The van der Waals surface area contributed by atoms with Gasteiger partial charge in [0.1, 0.15) is 11.3 Å². The second-order valence-electron chi connectivity index (χ2n) is 7.77. The molecular formula is C25H22ClN3O4. The van der Waals surface area contributed by atoms with Crippen molar-refractivity contribution >= 4 is 41.2 Å². The minimum Gasteiger partial charge on any atom is -0.495 e. The summed E-state index contributed by atoms with van der Waals surface area (Å²) in [5.74, 6) is -0.792. The lowest BCUT2D eigenvalue weighted by molar-refractivity contribution is -0.122. The largest absolute Gasteiger partial charge is 0.495 e. The zero-order valence-electron chi connectivity index (χ0n) is 18.6. The fraction of sp³-hybridized carbons (Fsp3) is 0.160. The molecular weight excluding hydrogens is 442 g/mol. The van der Waals surface area contributed by atoms with E-state index in [-0.39, 0.29) is 5.57 Å². The molecule has 1 aliphatic rings. The lowest BCUT2D eigenvalue weighted by Gasteiger charge is -2.26. The van der Waals surface area contributed by atoms with Gasteiger partial charge >= 0.3 is 6.03 Å². The van der Waals surface area contributed by atoms with Crippen LogP contribution in [0.3, 0.4) is 0 Å². The SMILES string of the molecule is COc1ccc(Cl)cc1-n1c(C)cc(/C=C2\C(=O)NC(=O)N(c3ccc(C)cc3)C2=O)c1C. The maximum atomic E-state index is 13.2. The molecule has 4 rings (SSSR count). The maximum Gasteiger partial charge on any atom is 0.335 e. The van der Waals surface area contributed by atoms with Gasteiger partial charge in [-0.05, 0) is 68.8 Å². The number of benzene rings is 2. The molecule has 7 nitrogen and oxygen atoms in total. The minimum absolute atomic E-state index is 0.131. The Bertz CT molecular complexity index is 1320. The standard InChI is InChI=1S/C25H22ClN3O4/c1-14-5-8-19(9-6-14)29-24(31)20(23(30)27-25(29)32)12-17-11-15(2)28(16(17)3)21-13-18(26)7-10-22(21)33-4/h5-13H,1-4H3,(H,27,30,32)/b20-12+. The number of methoxy groups -OCH3 is 1. The first-order valence-corrected chi connectivity index (χ1v) is 10.6. The quantitative estimate of drug-likeness (QED) is 0.448. The van der Waals surface area contributed by atoms with Crippen LogP contribution in [0.15, 0.2) is 54.1 Å². The topological polar surface area (TPSA) is 80.6 Å². The summed E-state index contributed by atoms with van der Waals surface area (Å²) in [5, 5.41) is 2.80. The highest BCUT2D eigenvalue weighted by Gasteiger charge is 2.37. The van der Waals surface area contributed by atoms with Gasteiger partial charge in [-0.1, -0.05) is 29.3 Å². The van der Waals surface area contributed by atoms with E-state index in [1.54, 1.807) is 49.6 Å². The van der Waals surface area contributed by atoms with E-state index in [1.807, 2.05) is 31.4 Å². The van der Waals surface area contributed by atoms with E-state index in [9.17, 15) is 14.4 Å². The van der Waals surface area contributed by atoms with Gasteiger partial charge in [-0.15, -0.1) is 0 Å². The normalized spacial score (nSPS) is 15.2. The number of nitrogens with one attached hydrogen (secondary N) is 1. The monoisotopic (exact) mass is 463 g/mol. The number of carbonyl (C=O) groups is 3. The predicted molar refractivity (Wildman–Crippen MR) is 127 cm³/mol. The number of barbiturate groups is 1. The molecule has 3 aromatic rings. The molecule has 0 unspecified atom stereocenters. The van der Waals surface area contributed by atoms with Crippen LogP contribution in [0.2, 0.25) is 5.02 Å². The number of halogens is 1. The Balaban J connectivity index is 1.79. The van der Waals surface area contributed by atoms with E-state index in [2.05, 4.69) is 5.32 Å². The molecule has 0 saturated carbocycles. The summed E-state index contributed by atoms with van der Waals surface area (Å²) in [4.78, 5) is 39.2. The molecule has 2 heterocycles.